The molecule has 4 aromatic rings. The number of carbonyl (C=O) groups is 1. The van der Waals surface area contributed by atoms with Gasteiger partial charge in [-0.1, -0.05) is 42.5 Å². The van der Waals surface area contributed by atoms with Crippen molar-refractivity contribution in [3.05, 3.63) is 71.6 Å². The number of ether oxygens (including phenoxy) is 1. The van der Waals surface area contributed by atoms with Gasteiger partial charge in [0, 0.05) is 31.7 Å². The Hall–Kier alpha value is -3.53. The van der Waals surface area contributed by atoms with Crippen LogP contribution in [0.4, 0.5) is 5.82 Å². The number of fused-ring (bicyclic) bond motifs is 1. The molecule has 0 spiro atoms. The van der Waals surface area contributed by atoms with Crippen molar-refractivity contribution >= 4 is 33.3 Å². The van der Waals surface area contributed by atoms with E-state index in [1.165, 1.54) is 11.3 Å². The molecular formula is C26H26N4O4S. The molecule has 1 unspecified atom stereocenters. The molecule has 1 atom stereocenters. The van der Waals surface area contributed by atoms with E-state index in [0.29, 0.717) is 31.7 Å². The molecule has 35 heavy (non-hydrogen) atoms. The first-order valence-corrected chi connectivity index (χ1v) is 12.4. The molecule has 1 fully saturated rings. The molecule has 0 bridgehead atoms. The highest BCUT2D eigenvalue weighted by molar-refractivity contribution is 7.16. The monoisotopic (exact) mass is 490 g/mol. The van der Waals surface area contributed by atoms with Crippen LogP contribution in [-0.4, -0.2) is 76.5 Å². The lowest BCUT2D eigenvalue weighted by Gasteiger charge is -2.35. The Kier molecular flexibility index (Phi) is 6.89. The van der Waals surface area contributed by atoms with Gasteiger partial charge in [0.1, 0.15) is 23.4 Å². The molecule has 1 saturated heterocycles. The van der Waals surface area contributed by atoms with Crippen LogP contribution in [0.3, 0.4) is 0 Å². The number of nitrogens with zero attached hydrogens (tertiary/aromatic N) is 4. The second kappa shape index (κ2) is 10.4. The zero-order chi connectivity index (χ0) is 24.2. The van der Waals surface area contributed by atoms with Crippen molar-refractivity contribution in [2.45, 2.75) is 6.10 Å². The Labute approximate surface area is 207 Å². The van der Waals surface area contributed by atoms with Crippen LogP contribution >= 0.6 is 11.3 Å². The number of hydrogen-bond acceptors (Lipinski definition) is 8. The van der Waals surface area contributed by atoms with Gasteiger partial charge in [0.2, 0.25) is 0 Å². The molecule has 1 amide bonds. The summed E-state index contributed by atoms with van der Waals surface area (Å²) in [6, 6.07) is 20.0. The van der Waals surface area contributed by atoms with Crippen molar-refractivity contribution in [3.63, 3.8) is 0 Å². The highest BCUT2D eigenvalue weighted by atomic mass is 32.1. The average molecular weight is 491 g/mol. The summed E-state index contributed by atoms with van der Waals surface area (Å²) in [7, 11) is 0. The number of hydrogen-bond donors (Lipinski definition) is 2. The van der Waals surface area contributed by atoms with E-state index in [2.05, 4.69) is 27.0 Å². The van der Waals surface area contributed by atoms with Gasteiger partial charge in [-0.25, -0.2) is 0 Å². The molecule has 2 N–H and O–H groups in total. The minimum atomic E-state index is -0.989. The van der Waals surface area contributed by atoms with Crippen LogP contribution in [0.5, 0.6) is 6.01 Å². The fraction of sp³-hybridized carbons (Fsp3) is 0.269. The van der Waals surface area contributed by atoms with Crippen LogP contribution in [0, 0.1) is 0 Å². The van der Waals surface area contributed by atoms with Crippen molar-refractivity contribution in [2.24, 2.45) is 0 Å². The van der Waals surface area contributed by atoms with Crippen LogP contribution < -0.4 is 9.64 Å². The maximum atomic E-state index is 13.1. The Morgan fingerprint density at radius 1 is 0.971 bits per heavy atom. The predicted octanol–water partition coefficient (Wildman–Crippen LogP) is 3.05. The van der Waals surface area contributed by atoms with E-state index < -0.39 is 6.10 Å². The second-order valence-corrected chi connectivity index (χ2v) is 9.23. The molecule has 0 saturated carbocycles. The highest BCUT2D eigenvalue weighted by Gasteiger charge is 2.25. The number of aliphatic hydroxyl groups is 2. The lowest BCUT2D eigenvalue weighted by atomic mass is 10.0. The molecule has 1 aliphatic heterocycles. The van der Waals surface area contributed by atoms with Crippen LogP contribution in [0.15, 0.2) is 66.0 Å². The van der Waals surface area contributed by atoms with Gasteiger partial charge in [-0.15, -0.1) is 11.3 Å². The van der Waals surface area contributed by atoms with Crippen LogP contribution in [0.25, 0.3) is 21.3 Å². The molecule has 0 radical (unpaired) electrons. The number of aromatic nitrogens is 2. The summed E-state index contributed by atoms with van der Waals surface area (Å²) in [5.41, 5.74) is 2.89. The molecular weight excluding hydrogens is 464 g/mol. The number of rotatable bonds is 7. The number of benzene rings is 2. The normalized spacial score (nSPS) is 14.8. The summed E-state index contributed by atoms with van der Waals surface area (Å²) >= 11 is 1.49. The van der Waals surface area contributed by atoms with Crippen molar-refractivity contribution in [3.8, 4) is 17.1 Å². The predicted molar refractivity (Wildman–Crippen MR) is 136 cm³/mol. The molecule has 3 heterocycles. The quantitative estimate of drug-likeness (QED) is 0.411. The average Bonchev–Trinajstić information content (AvgIpc) is 3.40. The molecule has 8 nitrogen and oxygen atoms in total. The minimum Gasteiger partial charge on any atom is -0.461 e. The smallest absolute Gasteiger partial charge is 0.319 e. The second-order valence-electron chi connectivity index (χ2n) is 8.34. The van der Waals surface area contributed by atoms with Gasteiger partial charge >= 0.3 is 6.01 Å². The number of amides is 1. The molecule has 180 valence electrons. The summed E-state index contributed by atoms with van der Waals surface area (Å²) in [6.07, 6.45) is -0.989. The Morgan fingerprint density at radius 2 is 1.69 bits per heavy atom. The standard InChI is InChI=1S/C26H26N4O4S/c31-16-21(32)17-34-26-27-23(22-10-15-35-24(22)28-26)29-11-13-30(14-12-29)25(33)20-8-6-19(7-9-20)18-4-2-1-3-5-18/h1-10,15,21,31-32H,11-14,16-17H2. The Balaban J connectivity index is 1.26. The molecule has 1 aliphatic rings. The third kappa shape index (κ3) is 5.12. The van der Waals surface area contributed by atoms with Crippen LogP contribution in [0.1, 0.15) is 10.4 Å². The van der Waals surface area contributed by atoms with Crippen LogP contribution in [-0.2, 0) is 0 Å². The lowest BCUT2D eigenvalue weighted by molar-refractivity contribution is 0.0506. The fourth-order valence-electron chi connectivity index (χ4n) is 4.09. The number of carbonyl (C=O) groups excluding carboxylic acids is 1. The van der Waals surface area contributed by atoms with E-state index in [0.717, 1.165) is 27.2 Å². The van der Waals surface area contributed by atoms with E-state index in [-0.39, 0.29) is 25.1 Å². The number of piperazine rings is 1. The zero-order valence-corrected chi connectivity index (χ0v) is 19.9. The first-order valence-electron chi connectivity index (χ1n) is 11.5. The largest absolute Gasteiger partial charge is 0.461 e. The maximum absolute atomic E-state index is 13.1. The first-order chi connectivity index (χ1) is 17.1. The number of thiophene rings is 1. The van der Waals surface area contributed by atoms with E-state index in [4.69, 9.17) is 9.84 Å². The topological polar surface area (TPSA) is 99.0 Å². The number of anilines is 1. The van der Waals surface area contributed by atoms with Crippen molar-refractivity contribution in [1.29, 1.82) is 0 Å². The van der Waals surface area contributed by atoms with Crippen molar-refractivity contribution in [2.75, 3.05) is 44.3 Å². The van der Waals surface area contributed by atoms with Gasteiger partial charge in [-0.2, -0.15) is 9.97 Å². The summed E-state index contributed by atoms with van der Waals surface area (Å²) in [4.78, 5) is 26.9. The third-order valence-electron chi connectivity index (χ3n) is 6.01. The van der Waals surface area contributed by atoms with Crippen molar-refractivity contribution < 1.29 is 19.7 Å². The number of aliphatic hydroxyl groups excluding tert-OH is 2. The van der Waals surface area contributed by atoms with Crippen LogP contribution in [0.2, 0.25) is 0 Å². The van der Waals surface area contributed by atoms with Crippen molar-refractivity contribution in [1.82, 2.24) is 14.9 Å². The Bertz CT molecular complexity index is 1290. The van der Waals surface area contributed by atoms with E-state index in [9.17, 15) is 9.90 Å². The highest BCUT2D eigenvalue weighted by Crippen LogP contribution is 2.30. The molecule has 2 aromatic carbocycles. The zero-order valence-electron chi connectivity index (χ0n) is 19.1. The third-order valence-corrected chi connectivity index (χ3v) is 6.81. The summed E-state index contributed by atoms with van der Waals surface area (Å²) in [6.45, 7) is 1.95. The fourth-order valence-corrected chi connectivity index (χ4v) is 4.84. The first kappa shape index (κ1) is 23.2. The summed E-state index contributed by atoms with van der Waals surface area (Å²) in [5, 5.41) is 21.5. The van der Waals surface area contributed by atoms with E-state index >= 15 is 0 Å². The molecule has 9 heteroatoms. The van der Waals surface area contributed by atoms with Gasteiger partial charge in [0.25, 0.3) is 5.91 Å². The van der Waals surface area contributed by atoms with E-state index in [1.54, 1.807) is 0 Å². The summed E-state index contributed by atoms with van der Waals surface area (Å²) in [5.74, 6) is 0.777. The Morgan fingerprint density at radius 3 is 2.40 bits per heavy atom. The van der Waals surface area contributed by atoms with Gasteiger partial charge in [0.05, 0.1) is 12.0 Å². The molecule has 2 aromatic heterocycles. The molecule has 5 rings (SSSR count). The summed E-state index contributed by atoms with van der Waals surface area (Å²) < 4.78 is 5.51. The van der Waals surface area contributed by atoms with Gasteiger partial charge < -0.3 is 24.7 Å². The van der Waals surface area contributed by atoms with E-state index in [1.807, 2.05) is 58.8 Å². The van der Waals surface area contributed by atoms with Gasteiger partial charge in [-0.3, -0.25) is 4.79 Å². The van der Waals surface area contributed by atoms with Gasteiger partial charge in [0.15, 0.2) is 0 Å². The lowest BCUT2D eigenvalue weighted by Crippen LogP contribution is -2.49. The SMILES string of the molecule is O=C(c1ccc(-c2ccccc2)cc1)N1CCN(c2nc(OCC(O)CO)nc3sccc23)CC1. The maximum Gasteiger partial charge on any atom is 0.319 e. The minimum absolute atomic E-state index is 0.0228. The van der Waals surface area contributed by atoms with Gasteiger partial charge in [-0.05, 0) is 34.7 Å². The molecule has 0 aliphatic carbocycles.